The number of anilines is 1. The van der Waals surface area contributed by atoms with Crippen molar-refractivity contribution >= 4 is 11.6 Å². The number of hydrogen-bond donors (Lipinski definition) is 2. The van der Waals surface area contributed by atoms with E-state index in [1.54, 1.807) is 6.20 Å². The molecule has 4 rings (SSSR count). The summed E-state index contributed by atoms with van der Waals surface area (Å²) >= 11 is 0. The zero-order valence-electron chi connectivity index (χ0n) is 20.6. The third-order valence-corrected chi connectivity index (χ3v) is 6.41. The molecule has 0 spiro atoms. The molecule has 3 aromatic rings. The number of rotatable bonds is 8. The Bertz CT molecular complexity index is 1240. The van der Waals surface area contributed by atoms with Crippen LogP contribution in [0.15, 0.2) is 42.7 Å². The van der Waals surface area contributed by atoms with Crippen LogP contribution in [0.3, 0.4) is 0 Å². The predicted molar refractivity (Wildman–Crippen MR) is 133 cm³/mol. The summed E-state index contributed by atoms with van der Waals surface area (Å²) in [5.74, 6) is -3.29. The molecule has 1 aromatic carbocycles. The number of pyridine rings is 2. The summed E-state index contributed by atoms with van der Waals surface area (Å²) in [7, 11) is 1.46. The van der Waals surface area contributed by atoms with Crippen molar-refractivity contribution in [2.75, 3.05) is 25.6 Å². The molecule has 1 fully saturated rings. The van der Waals surface area contributed by atoms with Gasteiger partial charge in [-0.25, -0.2) is 18.2 Å². The van der Waals surface area contributed by atoms with E-state index < -0.39 is 34.6 Å². The molecular formula is C27H29F3N4O3. The molecule has 1 amide bonds. The summed E-state index contributed by atoms with van der Waals surface area (Å²) in [6.45, 7) is 2.45. The van der Waals surface area contributed by atoms with Crippen molar-refractivity contribution in [3.63, 3.8) is 0 Å². The van der Waals surface area contributed by atoms with Gasteiger partial charge in [-0.3, -0.25) is 9.78 Å². The second kappa shape index (κ2) is 11.7. The number of hydrogen-bond acceptors (Lipinski definition) is 6. The number of methoxy groups -OCH3 is 1. The van der Waals surface area contributed by atoms with E-state index in [0.717, 1.165) is 49.1 Å². The summed E-state index contributed by atoms with van der Waals surface area (Å²) in [4.78, 5) is 21.2. The standard InChI is InChI=1S/C27H29F3N4O3/c1-15-9-16(11-17(31)10-15)19-5-6-32-14-24(19)34-27(35)23-4-3-20(28)26(33-23)25-21(29)12-18(13-22(25)30)37-8-7-36-2/h3-6,12-17H,7-11,31H2,1-2H3,(H,34,35)/t15-,16+,17-/m0/s1. The van der Waals surface area contributed by atoms with Crippen molar-refractivity contribution in [1.29, 1.82) is 0 Å². The van der Waals surface area contributed by atoms with Gasteiger partial charge in [0, 0.05) is 31.5 Å². The molecule has 1 aliphatic rings. The second-order valence-corrected chi connectivity index (χ2v) is 9.32. The lowest BCUT2D eigenvalue weighted by Crippen LogP contribution is -2.31. The Morgan fingerprint density at radius 3 is 2.54 bits per heavy atom. The molecule has 0 unspecified atom stereocenters. The topological polar surface area (TPSA) is 99.4 Å². The van der Waals surface area contributed by atoms with Crippen LogP contribution in [0.5, 0.6) is 5.75 Å². The molecule has 3 N–H and O–H groups in total. The summed E-state index contributed by atoms with van der Waals surface area (Å²) in [6, 6.07) is 5.87. The number of nitrogens with two attached hydrogens (primary N) is 1. The minimum atomic E-state index is -1.08. The molecule has 1 aliphatic carbocycles. The van der Waals surface area contributed by atoms with E-state index in [9.17, 15) is 18.0 Å². The van der Waals surface area contributed by atoms with Crippen LogP contribution in [0.1, 0.15) is 48.2 Å². The monoisotopic (exact) mass is 514 g/mol. The highest BCUT2D eigenvalue weighted by molar-refractivity contribution is 6.03. The highest BCUT2D eigenvalue weighted by Crippen LogP contribution is 2.38. The van der Waals surface area contributed by atoms with Gasteiger partial charge in [0.1, 0.15) is 41.2 Å². The Hall–Kier alpha value is -3.50. The Balaban J connectivity index is 1.59. The van der Waals surface area contributed by atoms with Crippen LogP contribution < -0.4 is 15.8 Å². The number of carbonyl (C=O) groups excluding carboxylic acids is 1. The molecule has 196 valence electrons. The summed E-state index contributed by atoms with van der Waals surface area (Å²) in [5, 5.41) is 2.77. The number of nitrogens with zero attached hydrogens (tertiary/aromatic N) is 2. The highest BCUT2D eigenvalue weighted by Gasteiger charge is 2.28. The Kier molecular flexibility index (Phi) is 8.40. The Morgan fingerprint density at radius 2 is 1.84 bits per heavy atom. The van der Waals surface area contributed by atoms with Gasteiger partial charge < -0.3 is 20.5 Å². The minimum Gasteiger partial charge on any atom is -0.491 e. The number of amides is 1. The fourth-order valence-electron chi connectivity index (χ4n) is 4.81. The van der Waals surface area contributed by atoms with E-state index in [0.29, 0.717) is 11.6 Å². The van der Waals surface area contributed by atoms with Crippen molar-refractivity contribution in [2.45, 2.75) is 38.1 Å². The van der Waals surface area contributed by atoms with Gasteiger partial charge in [-0.05, 0) is 54.9 Å². The maximum atomic E-state index is 14.8. The number of halogens is 3. The summed E-state index contributed by atoms with van der Waals surface area (Å²) < 4.78 is 54.3. The van der Waals surface area contributed by atoms with Gasteiger partial charge in [0.05, 0.1) is 24.1 Å². The third kappa shape index (κ3) is 6.26. The molecule has 3 atom stereocenters. The molecule has 2 heterocycles. The van der Waals surface area contributed by atoms with Gasteiger partial charge >= 0.3 is 0 Å². The second-order valence-electron chi connectivity index (χ2n) is 9.32. The Labute approximate surface area is 213 Å². The molecule has 0 bridgehead atoms. The zero-order valence-corrected chi connectivity index (χ0v) is 20.6. The first-order chi connectivity index (χ1) is 17.8. The summed E-state index contributed by atoms with van der Waals surface area (Å²) in [5.41, 5.74) is 6.08. The van der Waals surface area contributed by atoms with Crippen molar-refractivity contribution in [2.24, 2.45) is 11.7 Å². The third-order valence-electron chi connectivity index (χ3n) is 6.41. The van der Waals surface area contributed by atoms with E-state index in [1.807, 2.05) is 6.07 Å². The van der Waals surface area contributed by atoms with Crippen molar-refractivity contribution < 1.29 is 27.4 Å². The van der Waals surface area contributed by atoms with E-state index in [2.05, 4.69) is 22.2 Å². The maximum Gasteiger partial charge on any atom is 0.274 e. The van der Waals surface area contributed by atoms with Crippen molar-refractivity contribution in [1.82, 2.24) is 9.97 Å². The van der Waals surface area contributed by atoms with Gasteiger partial charge in [-0.15, -0.1) is 0 Å². The molecular weight excluding hydrogens is 485 g/mol. The van der Waals surface area contributed by atoms with E-state index in [1.165, 1.54) is 13.3 Å². The van der Waals surface area contributed by atoms with E-state index in [-0.39, 0.29) is 36.6 Å². The molecule has 7 nitrogen and oxygen atoms in total. The van der Waals surface area contributed by atoms with E-state index >= 15 is 0 Å². The first-order valence-electron chi connectivity index (χ1n) is 12.0. The molecule has 37 heavy (non-hydrogen) atoms. The van der Waals surface area contributed by atoms with Gasteiger partial charge in [0.25, 0.3) is 5.91 Å². The lowest BCUT2D eigenvalue weighted by molar-refractivity contribution is 0.102. The molecule has 10 heteroatoms. The molecule has 1 saturated carbocycles. The zero-order chi connectivity index (χ0) is 26.5. The smallest absolute Gasteiger partial charge is 0.274 e. The fraction of sp³-hybridized carbons (Fsp3) is 0.370. The van der Waals surface area contributed by atoms with Gasteiger partial charge in [-0.1, -0.05) is 6.92 Å². The van der Waals surface area contributed by atoms with Crippen LogP contribution in [0.2, 0.25) is 0 Å². The highest BCUT2D eigenvalue weighted by atomic mass is 19.1. The quantitative estimate of drug-likeness (QED) is 0.407. The number of carbonyl (C=O) groups is 1. The van der Waals surface area contributed by atoms with Gasteiger partial charge in [0.2, 0.25) is 0 Å². The van der Waals surface area contributed by atoms with Crippen molar-refractivity contribution in [3.05, 3.63) is 71.4 Å². The maximum absolute atomic E-state index is 14.8. The number of benzene rings is 1. The van der Waals surface area contributed by atoms with Crippen LogP contribution in [0.4, 0.5) is 18.9 Å². The molecule has 2 aromatic heterocycles. The van der Waals surface area contributed by atoms with Gasteiger partial charge in [-0.2, -0.15) is 0 Å². The minimum absolute atomic E-state index is 0.0633. The van der Waals surface area contributed by atoms with Gasteiger partial charge in [0.15, 0.2) is 0 Å². The van der Waals surface area contributed by atoms with Crippen LogP contribution in [0.25, 0.3) is 11.3 Å². The molecule has 0 radical (unpaired) electrons. The SMILES string of the molecule is COCCOc1cc(F)c(-c2nc(C(=O)Nc3cnccc3[C@@H]3C[C@H](C)C[C@H](N)C3)ccc2F)c(F)c1. The first-order valence-corrected chi connectivity index (χ1v) is 12.0. The predicted octanol–water partition coefficient (Wildman–Crippen LogP) is 5.07. The normalized spacial score (nSPS) is 19.5. The average molecular weight is 515 g/mol. The number of ether oxygens (including phenoxy) is 2. The average Bonchev–Trinajstić information content (AvgIpc) is 2.84. The lowest BCUT2D eigenvalue weighted by atomic mass is 9.76. The number of nitrogens with one attached hydrogen (secondary N) is 1. The van der Waals surface area contributed by atoms with E-state index in [4.69, 9.17) is 15.2 Å². The fourth-order valence-corrected chi connectivity index (χ4v) is 4.81. The van der Waals surface area contributed by atoms with Crippen LogP contribution in [-0.2, 0) is 4.74 Å². The molecule has 0 aliphatic heterocycles. The van der Waals surface area contributed by atoms with Crippen LogP contribution >= 0.6 is 0 Å². The lowest BCUT2D eigenvalue weighted by Gasteiger charge is -2.32. The van der Waals surface area contributed by atoms with Crippen LogP contribution in [-0.4, -0.2) is 42.2 Å². The van der Waals surface area contributed by atoms with Crippen LogP contribution in [0, 0.1) is 23.4 Å². The van der Waals surface area contributed by atoms with Crippen molar-refractivity contribution in [3.8, 4) is 17.0 Å². The Morgan fingerprint density at radius 1 is 1.08 bits per heavy atom. The molecule has 0 saturated heterocycles. The first kappa shape index (κ1) is 26.6. The number of aromatic nitrogens is 2. The summed E-state index contributed by atoms with van der Waals surface area (Å²) in [6.07, 6.45) is 5.82. The largest absolute Gasteiger partial charge is 0.491 e.